The molecule has 18 heavy (non-hydrogen) atoms. The van der Waals surface area contributed by atoms with Crippen LogP contribution in [0.4, 0.5) is 4.79 Å². The minimum atomic E-state index is -0.897. The van der Waals surface area contributed by atoms with Crippen LogP contribution in [0.1, 0.15) is 25.7 Å². The number of urea groups is 1. The zero-order chi connectivity index (χ0) is 14.0. The van der Waals surface area contributed by atoms with E-state index in [0.29, 0.717) is 32.4 Å². The van der Waals surface area contributed by atoms with Gasteiger partial charge in [-0.2, -0.15) is 0 Å². The number of carboxylic acids is 1. The Morgan fingerprint density at radius 2 is 1.72 bits per heavy atom. The predicted octanol–water partition coefficient (Wildman–Crippen LogP) is -1.26. The van der Waals surface area contributed by atoms with Gasteiger partial charge in [-0.15, -0.1) is 0 Å². The van der Waals surface area contributed by atoms with Crippen molar-refractivity contribution in [1.82, 2.24) is 10.6 Å². The molecule has 8 nitrogen and oxygen atoms in total. The monoisotopic (exact) mass is 260 g/mol. The molecule has 0 aromatic heterocycles. The Morgan fingerprint density at radius 3 is 2.28 bits per heavy atom. The average molecular weight is 260 g/mol. The number of rotatable bonds is 9. The van der Waals surface area contributed by atoms with Crippen molar-refractivity contribution in [3.05, 3.63) is 0 Å². The van der Waals surface area contributed by atoms with Gasteiger partial charge < -0.3 is 27.2 Å². The van der Waals surface area contributed by atoms with Gasteiger partial charge in [0.2, 0.25) is 5.91 Å². The Labute approximate surface area is 105 Å². The van der Waals surface area contributed by atoms with Crippen LogP contribution in [-0.2, 0) is 9.59 Å². The largest absolute Gasteiger partial charge is 0.481 e. The number of nitrogens with one attached hydrogen (secondary N) is 2. The molecule has 0 heterocycles. The van der Waals surface area contributed by atoms with Crippen LogP contribution in [-0.4, -0.2) is 42.1 Å². The van der Waals surface area contributed by atoms with Crippen LogP contribution in [0.25, 0.3) is 0 Å². The molecule has 0 saturated carbocycles. The molecular weight excluding hydrogens is 240 g/mol. The Bertz CT molecular complexity index is 296. The molecule has 3 amide bonds. The van der Waals surface area contributed by atoms with Crippen molar-refractivity contribution in [3.63, 3.8) is 0 Å². The number of hydrogen-bond donors (Lipinski definition) is 5. The molecule has 0 saturated heterocycles. The smallest absolute Gasteiger partial charge is 0.312 e. The molecule has 7 N–H and O–H groups in total. The lowest BCUT2D eigenvalue weighted by Crippen LogP contribution is -2.41. The highest BCUT2D eigenvalue weighted by Gasteiger charge is 2.12. The van der Waals surface area contributed by atoms with Crippen molar-refractivity contribution >= 4 is 17.9 Å². The molecule has 0 unspecified atom stereocenters. The summed E-state index contributed by atoms with van der Waals surface area (Å²) in [6.07, 6.45) is 1.35. The normalized spacial score (nSPS) is 11.6. The number of nitrogens with two attached hydrogens (primary N) is 2. The molecule has 0 fully saturated rings. The van der Waals surface area contributed by atoms with Gasteiger partial charge >= 0.3 is 12.0 Å². The van der Waals surface area contributed by atoms with Gasteiger partial charge in [-0.05, 0) is 19.3 Å². The molecule has 1 atom stereocenters. The third kappa shape index (κ3) is 9.40. The van der Waals surface area contributed by atoms with E-state index in [1.165, 1.54) is 0 Å². The minimum Gasteiger partial charge on any atom is -0.481 e. The molecule has 0 aliphatic carbocycles. The Kier molecular flexibility index (Phi) is 8.29. The average Bonchev–Trinajstić information content (AvgIpc) is 2.29. The molecular formula is C10H20N4O4. The number of primary amides is 1. The molecule has 0 aliphatic rings. The van der Waals surface area contributed by atoms with Crippen molar-refractivity contribution in [2.24, 2.45) is 11.5 Å². The quantitative estimate of drug-likeness (QED) is 0.328. The summed E-state index contributed by atoms with van der Waals surface area (Å²) in [5.74, 6) is -1.22. The summed E-state index contributed by atoms with van der Waals surface area (Å²) in [4.78, 5) is 32.0. The van der Waals surface area contributed by atoms with Crippen molar-refractivity contribution < 1.29 is 19.5 Å². The molecule has 104 valence electrons. The van der Waals surface area contributed by atoms with Gasteiger partial charge in [0, 0.05) is 19.5 Å². The fourth-order valence-corrected chi connectivity index (χ4v) is 1.25. The van der Waals surface area contributed by atoms with Crippen molar-refractivity contribution in [2.45, 2.75) is 31.7 Å². The number of hydrogen-bond acceptors (Lipinski definition) is 4. The molecule has 0 bridgehead atoms. The summed E-state index contributed by atoms with van der Waals surface area (Å²) in [6.45, 7) is 0.660. The number of amides is 3. The Hall–Kier alpha value is -1.83. The Morgan fingerprint density at radius 1 is 1.11 bits per heavy atom. The van der Waals surface area contributed by atoms with Gasteiger partial charge in [0.25, 0.3) is 0 Å². The lowest BCUT2D eigenvalue weighted by atomic mass is 10.1. The van der Waals surface area contributed by atoms with Gasteiger partial charge in [0.05, 0.1) is 6.04 Å². The van der Waals surface area contributed by atoms with E-state index >= 15 is 0 Å². The summed E-state index contributed by atoms with van der Waals surface area (Å²) in [5, 5.41) is 13.3. The zero-order valence-electron chi connectivity index (χ0n) is 10.1. The van der Waals surface area contributed by atoms with Crippen LogP contribution in [0, 0.1) is 0 Å². The first-order chi connectivity index (χ1) is 8.43. The van der Waals surface area contributed by atoms with Gasteiger partial charge in [0.1, 0.15) is 0 Å². The van der Waals surface area contributed by atoms with E-state index in [1.54, 1.807) is 0 Å². The minimum absolute atomic E-state index is 0.0120. The molecule has 0 aromatic carbocycles. The van der Waals surface area contributed by atoms with Crippen LogP contribution in [0.2, 0.25) is 0 Å². The molecule has 0 radical (unpaired) electrons. The first-order valence-electron chi connectivity index (χ1n) is 5.72. The number of carboxylic acid groups (broad SMARTS) is 1. The lowest BCUT2D eigenvalue weighted by molar-refractivity contribution is -0.137. The van der Waals surface area contributed by atoms with Crippen molar-refractivity contribution in [2.75, 3.05) is 13.1 Å². The van der Waals surface area contributed by atoms with E-state index in [2.05, 4.69) is 10.6 Å². The van der Waals surface area contributed by atoms with Gasteiger partial charge in [0.15, 0.2) is 0 Å². The Balaban J connectivity index is 3.57. The van der Waals surface area contributed by atoms with Crippen molar-refractivity contribution in [1.29, 1.82) is 0 Å². The number of aliphatic carboxylic acids is 1. The summed E-state index contributed by atoms with van der Waals surface area (Å²) < 4.78 is 0. The molecule has 0 rings (SSSR count). The number of carbonyl (C=O) groups is 3. The predicted molar refractivity (Wildman–Crippen MR) is 64.7 cm³/mol. The highest BCUT2D eigenvalue weighted by Crippen LogP contribution is 1.94. The second-order valence-electron chi connectivity index (χ2n) is 3.83. The molecule has 8 heteroatoms. The van der Waals surface area contributed by atoms with Crippen LogP contribution >= 0.6 is 0 Å². The second-order valence-corrected chi connectivity index (χ2v) is 3.83. The summed E-state index contributed by atoms with van der Waals surface area (Å²) in [7, 11) is 0. The third-order valence-electron chi connectivity index (χ3n) is 2.19. The van der Waals surface area contributed by atoms with E-state index in [0.717, 1.165) is 0 Å². The molecule has 0 spiro atoms. The summed E-state index contributed by atoms with van der Waals surface area (Å²) >= 11 is 0. The highest BCUT2D eigenvalue weighted by molar-refractivity contribution is 5.81. The first-order valence-corrected chi connectivity index (χ1v) is 5.72. The standard InChI is InChI=1S/C10H20N4O4/c11-7(3-1-6-14-10(12)18)9(17)13-5-2-4-8(15)16/h7H,1-6,11H2,(H,13,17)(H,15,16)(H3,12,14,18)/t7-/m0/s1. The summed E-state index contributed by atoms with van der Waals surface area (Å²) in [6, 6.07) is -1.27. The van der Waals surface area contributed by atoms with Crippen LogP contribution in [0.5, 0.6) is 0 Å². The fraction of sp³-hybridized carbons (Fsp3) is 0.700. The van der Waals surface area contributed by atoms with E-state index in [-0.39, 0.29) is 12.3 Å². The number of carbonyl (C=O) groups excluding carboxylic acids is 2. The topological polar surface area (TPSA) is 148 Å². The maximum atomic E-state index is 11.4. The SMILES string of the molecule is NC(=O)NCCC[C@H](N)C(=O)NCCCC(=O)O. The van der Waals surface area contributed by atoms with Crippen molar-refractivity contribution in [3.8, 4) is 0 Å². The van der Waals surface area contributed by atoms with Gasteiger partial charge in [-0.3, -0.25) is 9.59 Å². The maximum Gasteiger partial charge on any atom is 0.312 e. The van der Waals surface area contributed by atoms with Crippen LogP contribution in [0.3, 0.4) is 0 Å². The first kappa shape index (κ1) is 16.2. The third-order valence-corrected chi connectivity index (χ3v) is 2.19. The van der Waals surface area contributed by atoms with Crippen LogP contribution in [0.15, 0.2) is 0 Å². The lowest BCUT2D eigenvalue weighted by Gasteiger charge is -2.11. The fourth-order valence-electron chi connectivity index (χ4n) is 1.25. The van der Waals surface area contributed by atoms with E-state index in [1.807, 2.05) is 0 Å². The van der Waals surface area contributed by atoms with Gasteiger partial charge in [-0.25, -0.2) is 4.79 Å². The molecule has 0 aliphatic heterocycles. The maximum absolute atomic E-state index is 11.4. The van der Waals surface area contributed by atoms with E-state index < -0.39 is 18.0 Å². The summed E-state index contributed by atoms with van der Waals surface area (Å²) in [5.41, 5.74) is 10.5. The van der Waals surface area contributed by atoms with Gasteiger partial charge in [-0.1, -0.05) is 0 Å². The van der Waals surface area contributed by atoms with Crippen LogP contribution < -0.4 is 22.1 Å². The molecule has 0 aromatic rings. The second kappa shape index (κ2) is 9.23. The highest BCUT2D eigenvalue weighted by atomic mass is 16.4. The zero-order valence-corrected chi connectivity index (χ0v) is 10.1. The van der Waals surface area contributed by atoms with E-state index in [9.17, 15) is 14.4 Å². The van der Waals surface area contributed by atoms with E-state index in [4.69, 9.17) is 16.6 Å².